The largest absolute Gasteiger partial charge is 0.224 e. The zero-order valence-electron chi connectivity index (χ0n) is 9.20. The molecule has 0 aliphatic heterocycles. The molecule has 90 valence electrons. The Kier molecular flexibility index (Phi) is 4.43. The molecule has 0 saturated carbocycles. The first-order chi connectivity index (χ1) is 7.28. The zero-order chi connectivity index (χ0) is 12.4. The lowest BCUT2D eigenvalue weighted by Crippen LogP contribution is -2.25. The second-order valence-electron chi connectivity index (χ2n) is 4.49. The van der Waals surface area contributed by atoms with Crippen LogP contribution in [0.15, 0.2) is 29.2 Å². The molecule has 0 aromatic heterocycles. The van der Waals surface area contributed by atoms with Crippen LogP contribution in [0.25, 0.3) is 0 Å². The molecular weight excluding hydrogens is 312 g/mol. The van der Waals surface area contributed by atoms with E-state index in [1.165, 1.54) is 0 Å². The molecule has 0 atom stereocenters. The Morgan fingerprint density at radius 3 is 2.38 bits per heavy atom. The molecule has 1 aromatic carbocycles. The van der Waals surface area contributed by atoms with Gasteiger partial charge in [-0.25, -0.2) is 8.42 Å². The first kappa shape index (κ1) is 14.0. The minimum absolute atomic E-state index is 0.0784. The van der Waals surface area contributed by atoms with Crippen molar-refractivity contribution in [2.24, 2.45) is 5.41 Å². The molecule has 0 aliphatic carbocycles. The number of benzene rings is 1. The van der Waals surface area contributed by atoms with Crippen LogP contribution in [0.1, 0.15) is 13.8 Å². The average Bonchev–Trinajstić information content (AvgIpc) is 2.16. The van der Waals surface area contributed by atoms with Gasteiger partial charge in [-0.05, 0) is 17.5 Å². The molecule has 0 N–H and O–H groups in total. The van der Waals surface area contributed by atoms with Gasteiger partial charge in [0.2, 0.25) is 0 Å². The van der Waals surface area contributed by atoms with Gasteiger partial charge in [-0.1, -0.05) is 53.5 Å². The summed E-state index contributed by atoms with van der Waals surface area (Å²) in [4.78, 5) is 0.214. The van der Waals surface area contributed by atoms with Crippen molar-refractivity contribution in [2.75, 3.05) is 11.1 Å². The molecule has 1 rings (SSSR count). The van der Waals surface area contributed by atoms with E-state index in [0.29, 0.717) is 5.33 Å². The van der Waals surface area contributed by atoms with Gasteiger partial charge in [-0.2, -0.15) is 0 Å². The highest BCUT2D eigenvalue weighted by Crippen LogP contribution is 2.28. The van der Waals surface area contributed by atoms with Crippen LogP contribution in [0.5, 0.6) is 0 Å². The second kappa shape index (κ2) is 5.07. The molecule has 0 aliphatic rings. The predicted molar refractivity (Wildman–Crippen MR) is 71.1 cm³/mol. The number of alkyl halides is 1. The third-order valence-electron chi connectivity index (χ3n) is 2.11. The maximum absolute atomic E-state index is 12.1. The monoisotopic (exact) mass is 324 g/mol. The maximum atomic E-state index is 12.1. The van der Waals surface area contributed by atoms with Gasteiger partial charge >= 0.3 is 0 Å². The highest BCUT2D eigenvalue weighted by atomic mass is 79.9. The van der Waals surface area contributed by atoms with Crippen LogP contribution < -0.4 is 0 Å². The quantitative estimate of drug-likeness (QED) is 0.794. The summed E-state index contributed by atoms with van der Waals surface area (Å²) in [5.74, 6) is 0.0784. The molecule has 0 spiro atoms. The minimum Gasteiger partial charge on any atom is -0.224 e. The number of hydrogen-bond acceptors (Lipinski definition) is 2. The van der Waals surface area contributed by atoms with Crippen LogP contribution in [0, 0.1) is 5.41 Å². The van der Waals surface area contributed by atoms with E-state index in [0.717, 1.165) is 0 Å². The normalized spacial score (nSPS) is 12.8. The second-order valence-corrected chi connectivity index (χ2v) is 7.41. The highest BCUT2D eigenvalue weighted by molar-refractivity contribution is 9.09. The minimum atomic E-state index is -3.32. The summed E-state index contributed by atoms with van der Waals surface area (Å²) >= 11 is 9.21. The molecule has 0 unspecified atom stereocenters. The Labute approximate surface area is 110 Å². The smallest absolute Gasteiger partial charge is 0.180 e. The van der Waals surface area contributed by atoms with Crippen LogP contribution in [0.2, 0.25) is 5.02 Å². The van der Waals surface area contributed by atoms with E-state index >= 15 is 0 Å². The van der Waals surface area contributed by atoms with Crippen LogP contribution in [0.3, 0.4) is 0 Å². The molecule has 0 bridgehead atoms. The molecule has 0 saturated heterocycles. The highest BCUT2D eigenvalue weighted by Gasteiger charge is 2.27. The molecular formula is C11H14BrClO2S. The van der Waals surface area contributed by atoms with Gasteiger partial charge in [0, 0.05) is 5.33 Å². The van der Waals surface area contributed by atoms with E-state index in [2.05, 4.69) is 15.9 Å². The van der Waals surface area contributed by atoms with E-state index in [4.69, 9.17) is 11.6 Å². The Morgan fingerprint density at radius 2 is 1.88 bits per heavy atom. The topological polar surface area (TPSA) is 34.1 Å². The lowest BCUT2D eigenvalue weighted by atomic mass is 10.0. The van der Waals surface area contributed by atoms with Crippen LogP contribution in [-0.2, 0) is 9.84 Å². The lowest BCUT2D eigenvalue weighted by Gasteiger charge is -2.21. The first-order valence-corrected chi connectivity index (χ1v) is 7.97. The van der Waals surface area contributed by atoms with Gasteiger partial charge in [0.05, 0.1) is 15.7 Å². The van der Waals surface area contributed by atoms with Gasteiger partial charge in [-0.15, -0.1) is 0 Å². The van der Waals surface area contributed by atoms with Crippen molar-refractivity contribution >= 4 is 37.4 Å². The zero-order valence-corrected chi connectivity index (χ0v) is 12.4. The fourth-order valence-electron chi connectivity index (χ4n) is 1.33. The van der Waals surface area contributed by atoms with E-state index in [1.54, 1.807) is 24.3 Å². The van der Waals surface area contributed by atoms with E-state index < -0.39 is 9.84 Å². The Morgan fingerprint density at radius 1 is 1.31 bits per heavy atom. The third-order valence-corrected chi connectivity index (χ3v) is 6.26. The van der Waals surface area contributed by atoms with Crippen molar-refractivity contribution in [3.05, 3.63) is 29.3 Å². The van der Waals surface area contributed by atoms with Crippen molar-refractivity contribution < 1.29 is 8.42 Å². The average molecular weight is 326 g/mol. The molecule has 0 radical (unpaired) electrons. The Hall–Kier alpha value is -0.0600. The van der Waals surface area contributed by atoms with Gasteiger partial charge < -0.3 is 0 Å². The summed E-state index contributed by atoms with van der Waals surface area (Å²) in [5.41, 5.74) is -0.308. The molecule has 1 aromatic rings. The van der Waals surface area contributed by atoms with Crippen LogP contribution in [0.4, 0.5) is 0 Å². The summed E-state index contributed by atoms with van der Waals surface area (Å²) in [7, 11) is -3.32. The molecule has 16 heavy (non-hydrogen) atoms. The number of halogens is 2. The van der Waals surface area contributed by atoms with Crippen molar-refractivity contribution in [1.82, 2.24) is 0 Å². The summed E-state index contributed by atoms with van der Waals surface area (Å²) in [6, 6.07) is 6.54. The standard InChI is InChI=1S/C11H14BrClO2S/c1-11(2,7-12)8-16(14,15)10-6-4-3-5-9(10)13/h3-6H,7-8H2,1-2H3. The molecule has 5 heteroatoms. The SMILES string of the molecule is CC(C)(CBr)CS(=O)(=O)c1ccccc1Cl. The van der Waals surface area contributed by atoms with Crippen LogP contribution in [-0.4, -0.2) is 19.5 Å². The van der Waals surface area contributed by atoms with Crippen molar-refractivity contribution in [3.63, 3.8) is 0 Å². The van der Waals surface area contributed by atoms with Gasteiger partial charge in [0.15, 0.2) is 9.84 Å². The number of rotatable bonds is 4. The van der Waals surface area contributed by atoms with Gasteiger partial charge in [0.1, 0.15) is 0 Å². The third kappa shape index (κ3) is 3.47. The predicted octanol–water partition coefficient (Wildman–Crippen LogP) is 3.53. The fourth-order valence-corrected chi connectivity index (χ4v) is 4.21. The van der Waals surface area contributed by atoms with Crippen molar-refractivity contribution in [1.29, 1.82) is 0 Å². The first-order valence-electron chi connectivity index (χ1n) is 4.82. The van der Waals surface area contributed by atoms with Crippen molar-refractivity contribution in [3.8, 4) is 0 Å². The van der Waals surface area contributed by atoms with Crippen LogP contribution >= 0.6 is 27.5 Å². The van der Waals surface area contributed by atoms with E-state index in [1.807, 2.05) is 13.8 Å². The summed E-state index contributed by atoms with van der Waals surface area (Å²) in [5, 5.41) is 0.914. The van der Waals surface area contributed by atoms with Gasteiger partial charge in [0.25, 0.3) is 0 Å². The molecule has 0 heterocycles. The molecule has 0 fully saturated rings. The van der Waals surface area contributed by atoms with E-state index in [9.17, 15) is 8.42 Å². The summed E-state index contributed by atoms with van der Waals surface area (Å²) < 4.78 is 24.2. The van der Waals surface area contributed by atoms with Gasteiger partial charge in [-0.3, -0.25) is 0 Å². The Bertz CT molecular complexity index is 469. The summed E-state index contributed by atoms with van der Waals surface area (Å²) in [6.07, 6.45) is 0. The lowest BCUT2D eigenvalue weighted by molar-refractivity contribution is 0.475. The number of hydrogen-bond donors (Lipinski definition) is 0. The number of sulfone groups is 1. The summed E-state index contributed by atoms with van der Waals surface area (Å²) in [6.45, 7) is 3.80. The van der Waals surface area contributed by atoms with E-state index in [-0.39, 0.29) is 21.1 Å². The maximum Gasteiger partial charge on any atom is 0.180 e. The van der Waals surface area contributed by atoms with Crippen molar-refractivity contribution in [2.45, 2.75) is 18.7 Å². The molecule has 2 nitrogen and oxygen atoms in total. The molecule has 0 amide bonds. The Balaban J connectivity index is 3.09. The fraction of sp³-hybridized carbons (Fsp3) is 0.455.